The van der Waals surface area contributed by atoms with Gasteiger partial charge >= 0.3 is 6.09 Å². The molecule has 7 rings (SSSR count). The van der Waals surface area contributed by atoms with Crippen molar-refractivity contribution in [1.29, 1.82) is 0 Å². The fraction of sp³-hybridized carbons (Fsp3) is 0.692. The molecule has 3 aliphatic carbocycles. The lowest BCUT2D eigenvalue weighted by atomic mass is 9.85. The van der Waals surface area contributed by atoms with Gasteiger partial charge in [0.15, 0.2) is 0 Å². The number of aromatic nitrogens is 2. The van der Waals surface area contributed by atoms with E-state index in [2.05, 4.69) is 10.6 Å². The van der Waals surface area contributed by atoms with Crippen molar-refractivity contribution in [2.75, 3.05) is 13.7 Å². The number of nitrogens with zero attached hydrogens (tertiary/aromatic N) is 3. The van der Waals surface area contributed by atoms with E-state index < -0.39 is 92.9 Å². The Bertz CT molecular complexity index is 2030. The lowest BCUT2D eigenvalue weighted by Gasteiger charge is -2.36. The predicted octanol–water partition coefficient (Wildman–Crippen LogP) is 4.02. The van der Waals surface area contributed by atoms with Crippen molar-refractivity contribution in [3.8, 4) is 11.6 Å². The summed E-state index contributed by atoms with van der Waals surface area (Å²) >= 11 is 0. The summed E-state index contributed by atoms with van der Waals surface area (Å²) in [5.74, 6) is -4.29. The Kier molecular flexibility index (Phi) is 11.1. The fourth-order valence-electron chi connectivity index (χ4n) is 8.31. The van der Waals surface area contributed by atoms with Crippen LogP contribution in [0.15, 0.2) is 18.2 Å². The van der Waals surface area contributed by atoms with Gasteiger partial charge in [-0.2, -0.15) is 0 Å². The van der Waals surface area contributed by atoms with Crippen molar-refractivity contribution >= 4 is 44.9 Å². The zero-order valence-electron chi connectivity index (χ0n) is 32.9. The maximum atomic E-state index is 14.8. The van der Waals surface area contributed by atoms with Gasteiger partial charge in [0.05, 0.1) is 35.9 Å². The smallest absolute Gasteiger partial charge is 0.408 e. The van der Waals surface area contributed by atoms with Gasteiger partial charge < -0.3 is 29.7 Å². The Morgan fingerprint density at radius 2 is 1.82 bits per heavy atom. The minimum Gasteiger partial charge on any atom is -0.497 e. The summed E-state index contributed by atoms with van der Waals surface area (Å²) in [5, 5.41) is 4.43. The van der Waals surface area contributed by atoms with E-state index in [-0.39, 0.29) is 30.9 Å². The maximum Gasteiger partial charge on any atom is 0.408 e. The molecule has 18 heteroatoms. The summed E-state index contributed by atoms with van der Waals surface area (Å²) in [6.45, 7) is 6.87. The molecule has 5 aliphatic rings. The van der Waals surface area contributed by atoms with Gasteiger partial charge in [-0.15, -0.1) is 0 Å². The molecule has 2 aromatic rings. The summed E-state index contributed by atoms with van der Waals surface area (Å²) in [6.07, 6.45) is 0.0874. The quantitative estimate of drug-likeness (QED) is 0.348. The van der Waals surface area contributed by atoms with Crippen molar-refractivity contribution in [1.82, 2.24) is 30.2 Å². The number of benzene rings is 1. The van der Waals surface area contributed by atoms with Gasteiger partial charge in [0, 0.05) is 12.0 Å². The summed E-state index contributed by atoms with van der Waals surface area (Å²) < 4.78 is 73.8. The van der Waals surface area contributed by atoms with Crippen molar-refractivity contribution in [3.05, 3.63) is 23.9 Å². The van der Waals surface area contributed by atoms with Crippen LogP contribution in [0.25, 0.3) is 11.0 Å². The highest BCUT2D eigenvalue weighted by molar-refractivity contribution is 7.91. The van der Waals surface area contributed by atoms with Gasteiger partial charge in [0.1, 0.15) is 41.3 Å². The Morgan fingerprint density at radius 3 is 2.47 bits per heavy atom. The minimum absolute atomic E-state index is 0.172. The first kappa shape index (κ1) is 40.8. The number of aryl methyl sites for hydroxylation is 1. The molecule has 1 aromatic carbocycles. The minimum atomic E-state index is -4.14. The number of carbonyl (C=O) groups excluding carboxylic acids is 4. The average Bonchev–Trinajstić information content (AvgIpc) is 4.06. The third-order valence-electron chi connectivity index (χ3n) is 12.0. The lowest BCUT2D eigenvalue weighted by Crippen LogP contribution is -2.61. The van der Waals surface area contributed by atoms with E-state index in [0.717, 1.165) is 25.7 Å². The van der Waals surface area contributed by atoms with Crippen LogP contribution in [0.5, 0.6) is 11.6 Å². The number of rotatable bonds is 8. The molecule has 0 spiro atoms. The van der Waals surface area contributed by atoms with Gasteiger partial charge in [0.2, 0.25) is 34.1 Å². The molecule has 3 heterocycles. The highest BCUT2D eigenvalue weighted by atomic mass is 32.2. The second-order valence-corrected chi connectivity index (χ2v) is 19.2. The molecule has 3 N–H and O–H groups in total. The van der Waals surface area contributed by atoms with Gasteiger partial charge in [-0.05, 0) is 74.8 Å². The molecule has 2 aliphatic heterocycles. The van der Waals surface area contributed by atoms with Crippen LogP contribution in [-0.4, -0.2) is 102 Å². The van der Waals surface area contributed by atoms with E-state index in [4.69, 9.17) is 24.2 Å². The zero-order chi connectivity index (χ0) is 41.0. The fourth-order valence-corrected chi connectivity index (χ4v) is 9.67. The number of ether oxygens (including phenoxy) is 3. The molecule has 312 valence electrons. The van der Waals surface area contributed by atoms with E-state index >= 15 is 0 Å². The highest BCUT2D eigenvalue weighted by Crippen LogP contribution is 2.49. The van der Waals surface area contributed by atoms with Crippen LogP contribution in [0.2, 0.25) is 0 Å². The highest BCUT2D eigenvalue weighted by Gasteiger charge is 2.67. The van der Waals surface area contributed by atoms with Crippen molar-refractivity contribution in [2.45, 2.75) is 133 Å². The number of hydrogen-bond donors (Lipinski definition) is 3. The zero-order valence-corrected chi connectivity index (χ0v) is 33.7. The Hall–Kier alpha value is -4.35. The lowest BCUT2D eigenvalue weighted by molar-refractivity contribution is -0.144. The molecule has 8 atom stereocenters. The van der Waals surface area contributed by atoms with Gasteiger partial charge in [-0.25, -0.2) is 32.0 Å². The molecule has 1 aromatic heterocycles. The standard InChI is InChI=1S/C39H52F2N6O9S/c1-6-23-29-19-47(30(23)33(48)45-39(18-24(39)32(40)41)36(50)46-57(52,53)22-13-14-22)35(49)31(38(2,3)4)44-37(51)56-28-16-20(28)10-8-7-9-11-26-34(55-29)43-27-17-21(54-5)12-15-25(27)42-26/h12,15,17,20,22-24,28-32H,6-11,13-14,16,18-19H2,1-5H3,(H,44,51)(H,45,48)(H,46,50)/t20-,23-,24?,28-,29+,30+,31-,39-/m1/s1. The molecule has 15 nitrogen and oxygen atoms in total. The van der Waals surface area contributed by atoms with Crippen LogP contribution in [0.3, 0.4) is 0 Å². The van der Waals surface area contributed by atoms with Crippen LogP contribution in [0, 0.1) is 23.2 Å². The van der Waals surface area contributed by atoms with Crippen LogP contribution >= 0.6 is 0 Å². The van der Waals surface area contributed by atoms with Crippen molar-refractivity contribution in [3.63, 3.8) is 0 Å². The Morgan fingerprint density at radius 1 is 1.07 bits per heavy atom. The van der Waals surface area contributed by atoms with Crippen LogP contribution in [0.4, 0.5) is 13.6 Å². The first-order chi connectivity index (χ1) is 26.9. The number of halogens is 2. The monoisotopic (exact) mass is 818 g/mol. The molecule has 0 radical (unpaired) electrons. The van der Waals surface area contributed by atoms with Gasteiger partial charge in [-0.3, -0.25) is 19.1 Å². The number of methoxy groups -OCH3 is 1. The Labute approximate surface area is 330 Å². The van der Waals surface area contributed by atoms with E-state index in [1.807, 2.05) is 4.72 Å². The molecule has 4 amide bonds. The summed E-state index contributed by atoms with van der Waals surface area (Å²) in [4.78, 5) is 67.3. The topological polar surface area (TPSA) is 195 Å². The summed E-state index contributed by atoms with van der Waals surface area (Å²) in [7, 11) is -2.61. The first-order valence-corrected chi connectivity index (χ1v) is 21.5. The second kappa shape index (κ2) is 15.4. The predicted molar refractivity (Wildman–Crippen MR) is 202 cm³/mol. The number of fused-ring (bicyclic) bond motifs is 5. The SMILES string of the molecule is CC[C@@H]1[C@@H]2CN(C(=O)[C@H](C(C)(C)C)NC(=O)O[C@@H]3C[C@H]3CCCCCc3nc4ccc(OC)cc4nc3O2)[C@@H]1C(=O)N[C@]1(C(=O)NS(=O)(=O)C2CC2)CC1C(F)F. The van der Waals surface area contributed by atoms with Crippen molar-refractivity contribution in [2.24, 2.45) is 23.2 Å². The number of alkyl halides is 2. The van der Waals surface area contributed by atoms with Gasteiger partial charge in [0.25, 0.3) is 5.91 Å². The van der Waals surface area contributed by atoms with Gasteiger partial charge in [-0.1, -0.05) is 40.5 Å². The molecule has 3 saturated carbocycles. The molecular formula is C39H52F2N6O9S. The largest absolute Gasteiger partial charge is 0.497 e. The number of hydrogen-bond acceptors (Lipinski definition) is 11. The van der Waals surface area contributed by atoms with Crippen LogP contribution in [-0.2, 0) is 35.6 Å². The second-order valence-electron chi connectivity index (χ2n) is 17.3. The maximum absolute atomic E-state index is 14.8. The average molecular weight is 819 g/mol. The third-order valence-corrected chi connectivity index (χ3v) is 13.9. The van der Waals surface area contributed by atoms with E-state index in [1.54, 1.807) is 45.9 Å². The summed E-state index contributed by atoms with van der Waals surface area (Å²) in [5.41, 5.74) is -1.41. The summed E-state index contributed by atoms with van der Waals surface area (Å²) in [6, 6.07) is 2.73. The number of nitrogens with one attached hydrogen (secondary N) is 3. The molecule has 4 fully saturated rings. The molecule has 57 heavy (non-hydrogen) atoms. The normalized spacial score (nSPS) is 30.8. The van der Waals surface area contributed by atoms with Crippen LogP contribution < -0.4 is 24.8 Å². The molecule has 1 saturated heterocycles. The van der Waals surface area contributed by atoms with E-state index in [9.17, 15) is 36.4 Å². The number of alkyl carbamates (subject to hydrolysis) is 1. The molecule has 1 unspecified atom stereocenters. The van der Waals surface area contributed by atoms with E-state index in [1.165, 1.54) is 12.0 Å². The number of sulfonamides is 1. The van der Waals surface area contributed by atoms with Crippen molar-refractivity contribution < 1.29 is 50.6 Å². The number of amides is 4. The van der Waals surface area contributed by atoms with Crippen LogP contribution in [0.1, 0.15) is 91.2 Å². The molecule has 2 bridgehead atoms. The third kappa shape index (κ3) is 8.46. The number of carbonyl (C=O) groups is 4. The van der Waals surface area contributed by atoms with E-state index in [0.29, 0.717) is 48.2 Å². The first-order valence-electron chi connectivity index (χ1n) is 19.9. The Balaban J connectivity index is 1.27. The molecular weight excluding hydrogens is 767 g/mol.